The predicted molar refractivity (Wildman–Crippen MR) is 97.8 cm³/mol. The summed E-state index contributed by atoms with van der Waals surface area (Å²) in [6.07, 6.45) is 4.18. The van der Waals surface area contributed by atoms with Crippen LogP contribution in [-0.4, -0.2) is 17.2 Å². The molecule has 0 bridgehead atoms. The van der Waals surface area contributed by atoms with E-state index in [2.05, 4.69) is 6.92 Å². The van der Waals surface area contributed by atoms with Crippen molar-refractivity contribution >= 4 is 40.7 Å². The Kier molecular flexibility index (Phi) is 5.03. The lowest BCUT2D eigenvalue weighted by molar-refractivity contribution is -0.120. The third-order valence-corrected chi connectivity index (χ3v) is 5.67. The van der Waals surface area contributed by atoms with Gasteiger partial charge in [0.1, 0.15) is 0 Å². The molecule has 2 unspecified atom stereocenters. The number of carbonyl (C=O) groups is 2. The van der Waals surface area contributed by atoms with Crippen molar-refractivity contribution < 1.29 is 9.59 Å². The molecular formula is C19H21Cl2NO2. The summed E-state index contributed by atoms with van der Waals surface area (Å²) in [4.78, 5) is 26.7. The zero-order valence-corrected chi connectivity index (χ0v) is 15.5. The number of rotatable bonds is 4. The summed E-state index contributed by atoms with van der Waals surface area (Å²) in [5.41, 5.74) is 2.88. The molecule has 0 fully saturated rings. The topological polar surface area (TPSA) is 37.4 Å². The first-order valence-electron chi connectivity index (χ1n) is 8.50. The van der Waals surface area contributed by atoms with Crippen molar-refractivity contribution in [3.8, 4) is 0 Å². The lowest BCUT2D eigenvalue weighted by Crippen LogP contribution is -2.31. The van der Waals surface area contributed by atoms with Gasteiger partial charge in [0.2, 0.25) is 0 Å². The molecule has 3 nitrogen and oxygen atoms in total. The third-order valence-electron chi connectivity index (χ3n) is 5.02. The Labute approximate surface area is 152 Å². The standard InChI is InChI=1S/C19H21Cl2NO2/c1-3-13(11(2)20)16-10-12(8-9-17(16)21)22-18(23)14-6-4-5-7-15(14)19(22)24/h8-11,13H,3-7H2,1-2H3. The molecule has 1 aliphatic heterocycles. The molecule has 24 heavy (non-hydrogen) atoms. The van der Waals surface area contributed by atoms with E-state index in [0.29, 0.717) is 34.7 Å². The fourth-order valence-corrected chi connectivity index (χ4v) is 4.29. The van der Waals surface area contributed by atoms with Crippen molar-refractivity contribution in [3.63, 3.8) is 0 Å². The highest BCUT2D eigenvalue weighted by molar-refractivity contribution is 6.34. The monoisotopic (exact) mass is 365 g/mol. The van der Waals surface area contributed by atoms with Gasteiger partial charge in [-0.15, -0.1) is 11.6 Å². The van der Waals surface area contributed by atoms with E-state index in [4.69, 9.17) is 23.2 Å². The lowest BCUT2D eigenvalue weighted by Gasteiger charge is -2.22. The van der Waals surface area contributed by atoms with Gasteiger partial charge in [-0.25, -0.2) is 4.90 Å². The molecule has 0 saturated carbocycles. The molecule has 0 N–H and O–H groups in total. The summed E-state index contributed by atoms with van der Waals surface area (Å²) >= 11 is 12.7. The van der Waals surface area contributed by atoms with E-state index in [0.717, 1.165) is 24.8 Å². The van der Waals surface area contributed by atoms with Crippen LogP contribution in [0, 0.1) is 0 Å². The van der Waals surface area contributed by atoms with Crippen LogP contribution in [0.5, 0.6) is 0 Å². The Hall–Kier alpha value is -1.32. The molecule has 5 heteroatoms. The normalized spacial score (nSPS) is 20.4. The van der Waals surface area contributed by atoms with Gasteiger partial charge in [-0.1, -0.05) is 18.5 Å². The SMILES string of the molecule is CCC(c1cc(N2C(=O)C3=C(CCCC3)C2=O)ccc1Cl)C(C)Cl. The first-order chi connectivity index (χ1) is 11.5. The molecule has 3 rings (SSSR count). The molecule has 0 aromatic heterocycles. The second-order valence-corrected chi connectivity index (χ2v) is 7.60. The maximum absolute atomic E-state index is 12.7. The second-order valence-electron chi connectivity index (χ2n) is 6.51. The average Bonchev–Trinajstić information content (AvgIpc) is 2.82. The van der Waals surface area contributed by atoms with E-state index in [1.54, 1.807) is 12.1 Å². The number of amides is 2. The minimum absolute atomic E-state index is 0.0782. The van der Waals surface area contributed by atoms with Crippen LogP contribution < -0.4 is 4.90 Å². The van der Waals surface area contributed by atoms with Crippen molar-refractivity contribution in [1.29, 1.82) is 0 Å². The van der Waals surface area contributed by atoms with Crippen LogP contribution in [0.4, 0.5) is 5.69 Å². The molecule has 2 amide bonds. The van der Waals surface area contributed by atoms with E-state index in [9.17, 15) is 9.59 Å². The van der Waals surface area contributed by atoms with Gasteiger partial charge in [-0.3, -0.25) is 9.59 Å². The number of anilines is 1. The van der Waals surface area contributed by atoms with Crippen LogP contribution in [0.25, 0.3) is 0 Å². The number of halogens is 2. The molecule has 0 spiro atoms. The highest BCUT2D eigenvalue weighted by Gasteiger charge is 2.39. The van der Waals surface area contributed by atoms with Crippen molar-refractivity contribution in [1.82, 2.24) is 0 Å². The van der Waals surface area contributed by atoms with Crippen LogP contribution in [0.1, 0.15) is 57.4 Å². The summed E-state index contributed by atoms with van der Waals surface area (Å²) in [5, 5.41) is 0.536. The number of hydrogen-bond donors (Lipinski definition) is 0. The van der Waals surface area contributed by atoms with Crippen LogP contribution >= 0.6 is 23.2 Å². The Morgan fingerprint density at radius 1 is 1.12 bits per heavy atom. The Bertz CT molecular complexity index is 696. The second kappa shape index (κ2) is 6.89. The van der Waals surface area contributed by atoms with Crippen LogP contribution in [0.2, 0.25) is 5.02 Å². The zero-order valence-electron chi connectivity index (χ0n) is 13.9. The quantitative estimate of drug-likeness (QED) is 0.542. The molecule has 0 radical (unpaired) electrons. The Morgan fingerprint density at radius 2 is 1.71 bits per heavy atom. The fraction of sp³-hybridized carbons (Fsp3) is 0.474. The molecule has 1 heterocycles. The molecular weight excluding hydrogens is 345 g/mol. The summed E-state index contributed by atoms with van der Waals surface area (Å²) < 4.78 is 0. The number of hydrogen-bond acceptors (Lipinski definition) is 2. The number of nitrogens with zero attached hydrogens (tertiary/aromatic N) is 1. The fourth-order valence-electron chi connectivity index (χ4n) is 3.72. The molecule has 1 aromatic carbocycles. The largest absolute Gasteiger partial charge is 0.269 e. The van der Waals surface area contributed by atoms with E-state index >= 15 is 0 Å². The first-order valence-corrected chi connectivity index (χ1v) is 9.31. The summed E-state index contributed by atoms with van der Waals surface area (Å²) in [5.74, 6) is -0.264. The summed E-state index contributed by atoms with van der Waals surface area (Å²) in [6, 6.07) is 5.35. The molecule has 1 aliphatic carbocycles. The van der Waals surface area contributed by atoms with Crippen LogP contribution in [0.3, 0.4) is 0 Å². The average molecular weight is 366 g/mol. The van der Waals surface area contributed by atoms with Gasteiger partial charge in [0.05, 0.1) is 5.69 Å². The van der Waals surface area contributed by atoms with Crippen molar-refractivity contribution in [2.45, 2.75) is 57.2 Å². The lowest BCUT2D eigenvalue weighted by atomic mass is 9.93. The number of alkyl halides is 1. The van der Waals surface area contributed by atoms with Crippen molar-refractivity contribution in [2.24, 2.45) is 0 Å². The molecule has 1 aromatic rings. The minimum atomic E-state index is -0.171. The van der Waals surface area contributed by atoms with Crippen LogP contribution in [0.15, 0.2) is 29.3 Å². The molecule has 2 atom stereocenters. The maximum Gasteiger partial charge on any atom is 0.261 e. The van der Waals surface area contributed by atoms with Crippen molar-refractivity contribution in [3.05, 3.63) is 39.9 Å². The van der Waals surface area contributed by atoms with E-state index < -0.39 is 0 Å². The molecule has 2 aliphatic rings. The Balaban J connectivity index is 1.99. The van der Waals surface area contributed by atoms with Gasteiger partial charge in [0, 0.05) is 27.5 Å². The smallest absolute Gasteiger partial charge is 0.261 e. The van der Waals surface area contributed by atoms with Gasteiger partial charge in [0.25, 0.3) is 11.8 Å². The maximum atomic E-state index is 12.7. The van der Waals surface area contributed by atoms with E-state index in [-0.39, 0.29) is 23.1 Å². The van der Waals surface area contributed by atoms with Gasteiger partial charge in [-0.2, -0.15) is 0 Å². The predicted octanol–water partition coefficient (Wildman–Crippen LogP) is 5.20. The molecule has 128 valence electrons. The van der Waals surface area contributed by atoms with Gasteiger partial charge in [0.15, 0.2) is 0 Å². The van der Waals surface area contributed by atoms with Crippen molar-refractivity contribution in [2.75, 3.05) is 4.90 Å². The van der Waals surface area contributed by atoms with E-state index in [1.165, 1.54) is 4.90 Å². The zero-order chi connectivity index (χ0) is 17.4. The van der Waals surface area contributed by atoms with E-state index in [1.807, 2.05) is 13.0 Å². The number of imide groups is 1. The van der Waals surface area contributed by atoms with Gasteiger partial charge < -0.3 is 0 Å². The summed E-state index contributed by atoms with van der Waals surface area (Å²) in [7, 11) is 0. The van der Waals surface area contributed by atoms with Crippen LogP contribution in [-0.2, 0) is 9.59 Å². The number of carbonyl (C=O) groups excluding carboxylic acids is 2. The Morgan fingerprint density at radius 3 is 2.21 bits per heavy atom. The van der Waals surface area contributed by atoms with Gasteiger partial charge in [-0.05, 0) is 62.8 Å². The highest BCUT2D eigenvalue weighted by atomic mass is 35.5. The highest BCUT2D eigenvalue weighted by Crippen LogP contribution is 2.39. The first kappa shape index (κ1) is 17.5. The minimum Gasteiger partial charge on any atom is -0.269 e. The summed E-state index contributed by atoms with van der Waals surface area (Å²) in [6.45, 7) is 3.99. The molecule has 0 saturated heterocycles. The number of benzene rings is 1. The third kappa shape index (κ3) is 2.89. The van der Waals surface area contributed by atoms with Gasteiger partial charge >= 0.3 is 0 Å².